The molecule has 2 aromatic rings. The number of carbonyl (C=O) groups is 2. The number of piperidine rings is 1. The van der Waals surface area contributed by atoms with Gasteiger partial charge in [-0.05, 0) is 50.1 Å². The Hall–Kier alpha value is -2.67. The van der Waals surface area contributed by atoms with Crippen LogP contribution >= 0.6 is 0 Å². The molecule has 1 aliphatic rings. The van der Waals surface area contributed by atoms with E-state index >= 15 is 0 Å². The molecule has 0 spiro atoms. The van der Waals surface area contributed by atoms with Crippen molar-refractivity contribution < 1.29 is 14.7 Å². The summed E-state index contributed by atoms with van der Waals surface area (Å²) in [5, 5.41) is 16.1. The van der Waals surface area contributed by atoms with Gasteiger partial charge in [-0.25, -0.2) is 4.79 Å². The van der Waals surface area contributed by atoms with Gasteiger partial charge >= 0.3 is 5.97 Å². The number of carboxylic acids is 1. The Balaban J connectivity index is 1.55. The first kappa shape index (κ1) is 18.1. The number of nitrogens with zero attached hydrogens (tertiary/aromatic N) is 3. The number of aromatic nitrogens is 2. The van der Waals surface area contributed by atoms with Crippen LogP contribution in [-0.2, 0) is 11.3 Å². The summed E-state index contributed by atoms with van der Waals surface area (Å²) in [5.74, 6) is -1.12. The molecule has 0 aliphatic carbocycles. The predicted octanol–water partition coefficient (Wildman–Crippen LogP) is 2.46. The van der Waals surface area contributed by atoms with Crippen molar-refractivity contribution >= 4 is 17.6 Å². The number of carbonyl (C=O) groups excluding carboxylic acids is 1. The summed E-state index contributed by atoms with van der Waals surface area (Å²) < 4.78 is 1.92. The number of anilines is 1. The highest BCUT2D eigenvalue weighted by atomic mass is 16.4. The van der Waals surface area contributed by atoms with E-state index in [1.165, 1.54) is 18.6 Å². The van der Waals surface area contributed by atoms with Gasteiger partial charge in [0.1, 0.15) is 0 Å². The van der Waals surface area contributed by atoms with Gasteiger partial charge in [-0.3, -0.25) is 14.4 Å². The summed E-state index contributed by atoms with van der Waals surface area (Å²) in [6.45, 7) is 2.07. The van der Waals surface area contributed by atoms with Crippen LogP contribution in [0.3, 0.4) is 0 Å². The maximum absolute atomic E-state index is 12.4. The average Bonchev–Trinajstić information content (AvgIpc) is 3.14. The molecule has 1 amide bonds. The van der Waals surface area contributed by atoms with E-state index in [4.69, 9.17) is 5.11 Å². The largest absolute Gasteiger partial charge is 0.478 e. The lowest BCUT2D eigenvalue weighted by molar-refractivity contribution is -0.118. The van der Waals surface area contributed by atoms with Crippen molar-refractivity contribution in [3.8, 4) is 0 Å². The first-order chi connectivity index (χ1) is 12.6. The highest BCUT2D eigenvalue weighted by Gasteiger charge is 2.24. The molecule has 1 aliphatic heterocycles. The van der Waals surface area contributed by atoms with Crippen LogP contribution in [0.25, 0.3) is 0 Å². The normalized spacial score (nSPS) is 17.8. The lowest BCUT2D eigenvalue weighted by Gasteiger charge is -2.35. The number of carboxylic acid groups (broad SMARTS) is 1. The van der Waals surface area contributed by atoms with Gasteiger partial charge in [-0.1, -0.05) is 12.5 Å². The van der Waals surface area contributed by atoms with Gasteiger partial charge < -0.3 is 10.4 Å². The predicted molar refractivity (Wildman–Crippen MR) is 98.1 cm³/mol. The molecule has 3 rings (SSSR count). The second-order valence-electron chi connectivity index (χ2n) is 6.61. The molecule has 7 nitrogen and oxygen atoms in total. The Morgan fingerprint density at radius 1 is 1.27 bits per heavy atom. The molecule has 26 heavy (non-hydrogen) atoms. The summed E-state index contributed by atoms with van der Waals surface area (Å²) >= 11 is 0. The molecule has 1 fully saturated rings. The van der Waals surface area contributed by atoms with E-state index in [1.807, 2.05) is 16.9 Å². The third-order valence-electron chi connectivity index (χ3n) is 4.74. The third-order valence-corrected chi connectivity index (χ3v) is 4.74. The number of hydrogen-bond donors (Lipinski definition) is 2. The summed E-state index contributed by atoms with van der Waals surface area (Å²) in [4.78, 5) is 25.7. The van der Waals surface area contributed by atoms with Crippen molar-refractivity contribution in [3.63, 3.8) is 0 Å². The fourth-order valence-electron chi connectivity index (χ4n) is 3.42. The molecule has 0 saturated carbocycles. The van der Waals surface area contributed by atoms with Crippen LogP contribution in [0.5, 0.6) is 0 Å². The number of nitrogens with one attached hydrogen (secondary N) is 1. The van der Waals surface area contributed by atoms with Crippen LogP contribution in [-0.4, -0.2) is 50.8 Å². The van der Waals surface area contributed by atoms with Gasteiger partial charge in [0.25, 0.3) is 0 Å². The Morgan fingerprint density at radius 2 is 2.15 bits per heavy atom. The number of rotatable bonds is 7. The van der Waals surface area contributed by atoms with E-state index in [2.05, 4.69) is 15.3 Å². The second kappa shape index (κ2) is 8.62. The Bertz CT molecular complexity index is 745. The zero-order chi connectivity index (χ0) is 18.4. The maximum Gasteiger partial charge on any atom is 0.335 e. The molecule has 1 atom stereocenters. The van der Waals surface area contributed by atoms with Crippen LogP contribution in [0, 0.1) is 0 Å². The number of hydrogen-bond acceptors (Lipinski definition) is 4. The minimum Gasteiger partial charge on any atom is -0.478 e. The van der Waals surface area contributed by atoms with E-state index < -0.39 is 5.97 Å². The van der Waals surface area contributed by atoms with Crippen molar-refractivity contribution in [3.05, 3.63) is 48.3 Å². The van der Waals surface area contributed by atoms with Crippen molar-refractivity contribution in [2.24, 2.45) is 0 Å². The fourth-order valence-corrected chi connectivity index (χ4v) is 3.42. The van der Waals surface area contributed by atoms with Crippen molar-refractivity contribution in [1.82, 2.24) is 14.7 Å². The molecule has 2 N–H and O–H groups in total. The zero-order valence-electron chi connectivity index (χ0n) is 14.7. The lowest BCUT2D eigenvalue weighted by Crippen LogP contribution is -2.44. The Morgan fingerprint density at radius 3 is 2.92 bits per heavy atom. The molecule has 0 radical (unpaired) electrons. The summed E-state index contributed by atoms with van der Waals surface area (Å²) in [7, 11) is 0. The molecular formula is C19H24N4O3. The maximum atomic E-state index is 12.4. The van der Waals surface area contributed by atoms with Gasteiger partial charge in [0.2, 0.25) is 5.91 Å². The van der Waals surface area contributed by atoms with E-state index in [1.54, 1.807) is 18.3 Å². The standard InChI is InChI=1S/C19H24N4O3/c24-18(21-16-6-3-5-15(13-16)19(25)26)14-22-10-2-1-7-17(22)8-12-23-11-4-9-20-23/h3-6,9,11,13,17H,1-2,7-8,10,12,14H2,(H,21,24)(H,25,26). The summed E-state index contributed by atoms with van der Waals surface area (Å²) in [5.41, 5.74) is 0.679. The Kier molecular flexibility index (Phi) is 6.01. The first-order valence-corrected chi connectivity index (χ1v) is 8.96. The number of benzene rings is 1. The van der Waals surface area contributed by atoms with Crippen molar-refractivity contribution in [1.29, 1.82) is 0 Å². The molecule has 138 valence electrons. The van der Waals surface area contributed by atoms with Gasteiger partial charge in [0, 0.05) is 30.7 Å². The number of likely N-dealkylation sites (tertiary alicyclic amines) is 1. The van der Waals surface area contributed by atoms with Crippen molar-refractivity contribution in [2.75, 3.05) is 18.4 Å². The SMILES string of the molecule is O=C(CN1CCCCC1CCn1cccn1)Nc1cccc(C(=O)O)c1. The van der Waals surface area contributed by atoms with Crippen LogP contribution in [0.15, 0.2) is 42.7 Å². The van der Waals surface area contributed by atoms with Gasteiger partial charge in [0.15, 0.2) is 0 Å². The summed E-state index contributed by atoms with van der Waals surface area (Å²) in [6.07, 6.45) is 8.06. The van der Waals surface area contributed by atoms with E-state index in [0.29, 0.717) is 18.3 Å². The smallest absolute Gasteiger partial charge is 0.335 e. The highest BCUT2D eigenvalue weighted by Crippen LogP contribution is 2.20. The van der Waals surface area contributed by atoms with Gasteiger partial charge in [0.05, 0.1) is 12.1 Å². The quantitative estimate of drug-likeness (QED) is 0.796. The van der Waals surface area contributed by atoms with Gasteiger partial charge in [-0.2, -0.15) is 5.10 Å². The fraction of sp³-hybridized carbons (Fsp3) is 0.421. The third kappa shape index (κ3) is 4.92. The van der Waals surface area contributed by atoms with E-state index in [9.17, 15) is 9.59 Å². The zero-order valence-corrected chi connectivity index (χ0v) is 14.7. The van der Waals surface area contributed by atoms with Crippen LogP contribution in [0.4, 0.5) is 5.69 Å². The molecule has 2 heterocycles. The van der Waals surface area contributed by atoms with Crippen LogP contribution in [0.1, 0.15) is 36.0 Å². The minimum atomic E-state index is -1.00. The topological polar surface area (TPSA) is 87.5 Å². The van der Waals surface area contributed by atoms with Gasteiger partial charge in [-0.15, -0.1) is 0 Å². The number of aryl methyl sites for hydroxylation is 1. The Labute approximate surface area is 152 Å². The lowest BCUT2D eigenvalue weighted by atomic mass is 9.99. The molecule has 1 aromatic carbocycles. The van der Waals surface area contributed by atoms with Crippen LogP contribution < -0.4 is 5.32 Å². The molecule has 0 bridgehead atoms. The molecular weight excluding hydrogens is 332 g/mol. The molecule has 7 heteroatoms. The highest BCUT2D eigenvalue weighted by molar-refractivity contribution is 5.94. The second-order valence-corrected chi connectivity index (χ2v) is 6.61. The van der Waals surface area contributed by atoms with Crippen LogP contribution in [0.2, 0.25) is 0 Å². The first-order valence-electron chi connectivity index (χ1n) is 8.96. The molecule has 1 saturated heterocycles. The number of aromatic carboxylic acids is 1. The monoisotopic (exact) mass is 356 g/mol. The van der Waals surface area contributed by atoms with Crippen molar-refractivity contribution in [2.45, 2.75) is 38.3 Å². The summed E-state index contributed by atoms with van der Waals surface area (Å²) in [6, 6.07) is 8.60. The van der Waals surface area contributed by atoms with E-state index in [-0.39, 0.29) is 11.5 Å². The minimum absolute atomic E-state index is 0.112. The molecule has 1 unspecified atom stereocenters. The molecule has 1 aromatic heterocycles. The van der Waals surface area contributed by atoms with E-state index in [0.717, 1.165) is 32.4 Å². The number of amides is 1. The average molecular weight is 356 g/mol.